The van der Waals surface area contributed by atoms with Crippen LogP contribution in [0.15, 0.2) is 0 Å². The predicted octanol–water partition coefficient (Wildman–Crippen LogP) is -0.319. The van der Waals surface area contributed by atoms with Crippen molar-refractivity contribution in [3.63, 3.8) is 0 Å². The topological polar surface area (TPSA) is 43.7 Å². The monoisotopic (exact) mass is 147 g/mol. The van der Waals surface area contributed by atoms with Crippen LogP contribution in [0.4, 0.5) is 0 Å². The van der Waals surface area contributed by atoms with Gasteiger partial charge in [-0.05, 0) is 33.5 Å². The summed E-state index contributed by atoms with van der Waals surface area (Å²) in [7, 11) is 3.98. The maximum Gasteiger partial charge on any atom is 0.0771 e. The minimum Gasteiger partial charge on any atom is -0.394 e. The molecule has 0 aliphatic rings. The molecule has 0 aromatic heterocycles. The standard InChI is InChI=1S/C7H17NO2/c1-8(2)5-3-4-7(10)6-9/h7,9-10H,3-6H2,1-2H3/t7-/m1/s1. The number of aliphatic hydroxyl groups is 2. The summed E-state index contributed by atoms with van der Waals surface area (Å²) >= 11 is 0. The van der Waals surface area contributed by atoms with Gasteiger partial charge in [-0.15, -0.1) is 0 Å². The van der Waals surface area contributed by atoms with Crippen LogP contribution in [0.1, 0.15) is 12.8 Å². The molecule has 0 rings (SSSR count). The van der Waals surface area contributed by atoms with Crippen LogP contribution in [-0.2, 0) is 0 Å². The van der Waals surface area contributed by atoms with Crippen LogP contribution in [0, 0.1) is 0 Å². The Labute approximate surface area is 62.3 Å². The Bertz CT molecular complexity index is 76.0. The third-order valence-corrected chi connectivity index (χ3v) is 1.35. The van der Waals surface area contributed by atoms with Crippen LogP contribution in [0.2, 0.25) is 0 Å². The molecule has 3 heteroatoms. The highest BCUT2D eigenvalue weighted by atomic mass is 16.3. The van der Waals surface area contributed by atoms with Gasteiger partial charge in [-0.25, -0.2) is 0 Å². The van der Waals surface area contributed by atoms with Crippen molar-refractivity contribution in [3.05, 3.63) is 0 Å². The molecule has 0 heterocycles. The van der Waals surface area contributed by atoms with E-state index in [1.54, 1.807) is 0 Å². The molecule has 0 amide bonds. The van der Waals surface area contributed by atoms with E-state index in [0.29, 0.717) is 6.42 Å². The number of hydrogen-bond acceptors (Lipinski definition) is 3. The molecule has 0 aliphatic carbocycles. The summed E-state index contributed by atoms with van der Waals surface area (Å²) in [4.78, 5) is 2.06. The lowest BCUT2D eigenvalue weighted by Gasteiger charge is -2.10. The number of nitrogens with zero attached hydrogens (tertiary/aromatic N) is 1. The molecule has 0 saturated carbocycles. The van der Waals surface area contributed by atoms with Crippen molar-refractivity contribution in [1.82, 2.24) is 4.90 Å². The molecular formula is C7H17NO2. The van der Waals surface area contributed by atoms with Crippen molar-refractivity contribution in [3.8, 4) is 0 Å². The fraction of sp³-hybridized carbons (Fsp3) is 1.00. The van der Waals surface area contributed by atoms with E-state index in [4.69, 9.17) is 10.2 Å². The molecule has 0 spiro atoms. The molecule has 0 bridgehead atoms. The van der Waals surface area contributed by atoms with E-state index in [1.165, 1.54) is 0 Å². The van der Waals surface area contributed by atoms with Crippen molar-refractivity contribution in [2.45, 2.75) is 18.9 Å². The van der Waals surface area contributed by atoms with Crippen molar-refractivity contribution < 1.29 is 10.2 Å². The smallest absolute Gasteiger partial charge is 0.0771 e. The zero-order valence-corrected chi connectivity index (χ0v) is 6.75. The summed E-state index contributed by atoms with van der Waals surface area (Å²) in [5.74, 6) is 0. The van der Waals surface area contributed by atoms with Gasteiger partial charge in [0.2, 0.25) is 0 Å². The highest BCUT2D eigenvalue weighted by Gasteiger charge is 2.00. The van der Waals surface area contributed by atoms with E-state index < -0.39 is 6.10 Å². The second-order valence-corrected chi connectivity index (χ2v) is 2.78. The van der Waals surface area contributed by atoms with E-state index in [9.17, 15) is 0 Å². The molecule has 0 fully saturated rings. The van der Waals surface area contributed by atoms with Gasteiger partial charge in [0, 0.05) is 0 Å². The second kappa shape index (κ2) is 5.65. The summed E-state index contributed by atoms with van der Waals surface area (Å²) in [5.41, 5.74) is 0. The first-order valence-electron chi connectivity index (χ1n) is 3.60. The average molecular weight is 147 g/mol. The summed E-state index contributed by atoms with van der Waals surface area (Å²) in [6.07, 6.45) is 1.10. The van der Waals surface area contributed by atoms with Crippen LogP contribution in [0.25, 0.3) is 0 Å². The highest BCUT2D eigenvalue weighted by Crippen LogP contribution is 1.95. The maximum absolute atomic E-state index is 8.90. The second-order valence-electron chi connectivity index (χ2n) is 2.78. The van der Waals surface area contributed by atoms with E-state index in [1.807, 2.05) is 14.1 Å². The lowest BCUT2D eigenvalue weighted by Crippen LogP contribution is -2.17. The van der Waals surface area contributed by atoms with E-state index in [-0.39, 0.29) is 6.61 Å². The van der Waals surface area contributed by atoms with Crippen LogP contribution >= 0.6 is 0 Å². The van der Waals surface area contributed by atoms with Crippen LogP contribution in [-0.4, -0.2) is 48.5 Å². The highest BCUT2D eigenvalue weighted by molar-refractivity contribution is 4.53. The largest absolute Gasteiger partial charge is 0.394 e. The molecule has 0 radical (unpaired) electrons. The molecule has 0 unspecified atom stereocenters. The van der Waals surface area contributed by atoms with Crippen LogP contribution < -0.4 is 0 Å². The third-order valence-electron chi connectivity index (χ3n) is 1.35. The SMILES string of the molecule is CN(C)CCC[C@@H](O)CO. The van der Waals surface area contributed by atoms with Gasteiger partial charge >= 0.3 is 0 Å². The Hall–Kier alpha value is -0.120. The molecule has 0 aliphatic heterocycles. The number of rotatable bonds is 5. The molecular weight excluding hydrogens is 130 g/mol. The maximum atomic E-state index is 8.90. The molecule has 2 N–H and O–H groups in total. The van der Waals surface area contributed by atoms with Gasteiger partial charge in [0.05, 0.1) is 12.7 Å². The normalized spacial score (nSPS) is 14.1. The Morgan fingerprint density at radius 2 is 2.00 bits per heavy atom. The minimum atomic E-state index is -0.528. The minimum absolute atomic E-state index is 0.118. The quantitative estimate of drug-likeness (QED) is 0.560. The predicted molar refractivity (Wildman–Crippen MR) is 40.9 cm³/mol. The fourth-order valence-corrected chi connectivity index (χ4v) is 0.734. The van der Waals surface area contributed by atoms with Gasteiger partial charge in [0.1, 0.15) is 0 Å². The van der Waals surface area contributed by atoms with Crippen LogP contribution in [0.5, 0.6) is 0 Å². The zero-order chi connectivity index (χ0) is 7.98. The molecule has 1 atom stereocenters. The molecule has 0 saturated heterocycles. The lowest BCUT2D eigenvalue weighted by molar-refractivity contribution is 0.0848. The Morgan fingerprint density at radius 3 is 2.40 bits per heavy atom. The van der Waals surface area contributed by atoms with Gasteiger partial charge in [-0.3, -0.25) is 0 Å². The van der Waals surface area contributed by atoms with E-state index in [0.717, 1.165) is 13.0 Å². The first kappa shape index (κ1) is 9.88. The van der Waals surface area contributed by atoms with Gasteiger partial charge < -0.3 is 15.1 Å². The summed E-state index contributed by atoms with van der Waals surface area (Å²) < 4.78 is 0. The summed E-state index contributed by atoms with van der Waals surface area (Å²) in [6, 6.07) is 0. The number of hydrogen-bond donors (Lipinski definition) is 2. The zero-order valence-electron chi connectivity index (χ0n) is 6.75. The third kappa shape index (κ3) is 6.01. The van der Waals surface area contributed by atoms with Crippen molar-refractivity contribution in [2.24, 2.45) is 0 Å². The van der Waals surface area contributed by atoms with Crippen molar-refractivity contribution >= 4 is 0 Å². The van der Waals surface area contributed by atoms with E-state index in [2.05, 4.69) is 4.90 Å². The van der Waals surface area contributed by atoms with Gasteiger partial charge in [0.25, 0.3) is 0 Å². The molecule has 10 heavy (non-hydrogen) atoms. The molecule has 0 aromatic rings. The molecule has 0 aromatic carbocycles. The van der Waals surface area contributed by atoms with Gasteiger partial charge in [-0.2, -0.15) is 0 Å². The molecule has 62 valence electrons. The fourth-order valence-electron chi connectivity index (χ4n) is 0.734. The number of aliphatic hydroxyl groups excluding tert-OH is 2. The van der Waals surface area contributed by atoms with Crippen molar-refractivity contribution in [1.29, 1.82) is 0 Å². The molecule has 3 nitrogen and oxygen atoms in total. The van der Waals surface area contributed by atoms with Crippen LogP contribution in [0.3, 0.4) is 0 Å². The Morgan fingerprint density at radius 1 is 1.40 bits per heavy atom. The first-order valence-corrected chi connectivity index (χ1v) is 3.60. The lowest BCUT2D eigenvalue weighted by atomic mass is 10.2. The van der Waals surface area contributed by atoms with Crippen molar-refractivity contribution in [2.75, 3.05) is 27.2 Å². The first-order chi connectivity index (χ1) is 4.66. The van der Waals surface area contributed by atoms with Gasteiger partial charge in [0.15, 0.2) is 0 Å². The van der Waals surface area contributed by atoms with E-state index >= 15 is 0 Å². The summed E-state index contributed by atoms with van der Waals surface area (Å²) in [5, 5.41) is 17.3. The summed E-state index contributed by atoms with van der Waals surface area (Å²) in [6.45, 7) is 0.852. The Balaban J connectivity index is 3.03. The van der Waals surface area contributed by atoms with Gasteiger partial charge in [-0.1, -0.05) is 0 Å². The average Bonchev–Trinajstić information content (AvgIpc) is 1.87. The Kier molecular flexibility index (Phi) is 5.58.